The number of nitrogens with zero attached hydrogens (tertiary/aromatic N) is 1. The molecule has 106 valence electrons. The molecule has 0 aromatic heterocycles. The maximum absolute atomic E-state index is 13.0. The molecule has 0 fully saturated rings. The van der Waals surface area contributed by atoms with E-state index in [1.807, 2.05) is 6.07 Å². The number of carbonyl (C=O) groups is 1. The molecule has 0 saturated carbocycles. The second-order valence-corrected chi connectivity index (χ2v) is 4.10. The normalized spacial score (nSPS) is 9.76. The number of carbonyl (C=O) groups excluding carboxylic acids is 1. The number of hydrogen-bond donors (Lipinski definition) is 1. The van der Waals surface area contributed by atoms with Crippen LogP contribution in [0.3, 0.4) is 0 Å². The van der Waals surface area contributed by atoms with E-state index in [9.17, 15) is 13.6 Å². The number of para-hydroxylation sites is 1. The van der Waals surface area contributed by atoms with Gasteiger partial charge in [-0.1, -0.05) is 12.1 Å². The summed E-state index contributed by atoms with van der Waals surface area (Å²) in [6, 6.07) is 11.0. The molecule has 0 spiro atoms. The van der Waals surface area contributed by atoms with Crippen molar-refractivity contribution in [2.45, 2.75) is 0 Å². The number of halogens is 2. The summed E-state index contributed by atoms with van der Waals surface area (Å²) in [5, 5.41) is 11.2. The van der Waals surface area contributed by atoms with E-state index < -0.39 is 17.5 Å². The van der Waals surface area contributed by atoms with E-state index >= 15 is 0 Å². The van der Waals surface area contributed by atoms with Gasteiger partial charge in [-0.15, -0.1) is 0 Å². The third-order valence-electron chi connectivity index (χ3n) is 2.51. The van der Waals surface area contributed by atoms with Crippen LogP contribution in [-0.4, -0.2) is 12.5 Å². The molecule has 21 heavy (non-hydrogen) atoms. The van der Waals surface area contributed by atoms with Crippen molar-refractivity contribution < 1.29 is 18.3 Å². The zero-order chi connectivity index (χ0) is 15.2. The van der Waals surface area contributed by atoms with Gasteiger partial charge in [-0.05, 0) is 24.3 Å². The molecule has 1 amide bonds. The van der Waals surface area contributed by atoms with Crippen molar-refractivity contribution >= 4 is 11.6 Å². The molecule has 0 aliphatic carbocycles. The van der Waals surface area contributed by atoms with E-state index in [0.29, 0.717) is 11.6 Å². The zero-order valence-electron chi connectivity index (χ0n) is 10.8. The van der Waals surface area contributed by atoms with Gasteiger partial charge in [0.05, 0.1) is 5.56 Å². The Morgan fingerprint density at radius 2 is 1.86 bits per heavy atom. The van der Waals surface area contributed by atoms with Gasteiger partial charge in [0.15, 0.2) is 6.61 Å². The Morgan fingerprint density at radius 3 is 2.52 bits per heavy atom. The number of hydrogen-bond acceptors (Lipinski definition) is 3. The van der Waals surface area contributed by atoms with E-state index in [4.69, 9.17) is 10.00 Å². The number of amides is 1. The van der Waals surface area contributed by atoms with E-state index in [1.165, 1.54) is 0 Å². The van der Waals surface area contributed by atoms with Crippen LogP contribution in [0.1, 0.15) is 5.56 Å². The van der Waals surface area contributed by atoms with Crippen molar-refractivity contribution in [3.05, 3.63) is 59.7 Å². The number of rotatable bonds is 4. The lowest BCUT2D eigenvalue weighted by molar-refractivity contribution is -0.118. The predicted octanol–water partition coefficient (Wildman–Crippen LogP) is 2.85. The SMILES string of the molecule is N#Cc1ccccc1OCC(=O)Nc1cc(F)cc(F)c1. The lowest BCUT2D eigenvalue weighted by atomic mass is 10.2. The van der Waals surface area contributed by atoms with Gasteiger partial charge in [0, 0.05) is 11.8 Å². The Morgan fingerprint density at radius 1 is 1.19 bits per heavy atom. The molecule has 2 aromatic carbocycles. The van der Waals surface area contributed by atoms with Crippen LogP contribution in [0.15, 0.2) is 42.5 Å². The number of anilines is 1. The monoisotopic (exact) mass is 288 g/mol. The molecule has 4 nitrogen and oxygen atoms in total. The van der Waals surface area contributed by atoms with Crippen LogP contribution in [0.2, 0.25) is 0 Å². The molecule has 2 aromatic rings. The zero-order valence-corrected chi connectivity index (χ0v) is 10.8. The van der Waals surface area contributed by atoms with Crippen LogP contribution < -0.4 is 10.1 Å². The third-order valence-corrected chi connectivity index (χ3v) is 2.51. The molecule has 0 saturated heterocycles. The highest BCUT2D eigenvalue weighted by atomic mass is 19.1. The molecule has 0 aliphatic rings. The summed E-state index contributed by atoms with van der Waals surface area (Å²) in [7, 11) is 0. The minimum Gasteiger partial charge on any atom is -0.482 e. The second-order valence-electron chi connectivity index (χ2n) is 4.10. The van der Waals surface area contributed by atoms with Gasteiger partial charge in [0.1, 0.15) is 23.5 Å². The summed E-state index contributed by atoms with van der Waals surface area (Å²) < 4.78 is 31.1. The van der Waals surface area contributed by atoms with E-state index in [1.54, 1.807) is 24.3 Å². The molecule has 0 atom stereocenters. The number of nitrogens with one attached hydrogen (secondary N) is 1. The smallest absolute Gasteiger partial charge is 0.262 e. The van der Waals surface area contributed by atoms with Crippen LogP contribution >= 0.6 is 0 Å². The summed E-state index contributed by atoms with van der Waals surface area (Å²) in [4.78, 5) is 11.6. The Labute approximate surface area is 119 Å². The Kier molecular flexibility index (Phi) is 4.46. The molecule has 6 heteroatoms. The Balaban J connectivity index is 1.98. The van der Waals surface area contributed by atoms with Crippen molar-refractivity contribution in [3.8, 4) is 11.8 Å². The highest BCUT2D eigenvalue weighted by Gasteiger charge is 2.08. The Hall–Kier alpha value is -2.94. The molecule has 0 bridgehead atoms. The summed E-state index contributed by atoms with van der Waals surface area (Å²) in [6.45, 7) is -0.378. The molecule has 0 aliphatic heterocycles. The van der Waals surface area contributed by atoms with Crippen LogP contribution in [0.5, 0.6) is 5.75 Å². The average molecular weight is 288 g/mol. The maximum atomic E-state index is 13.0. The number of ether oxygens (including phenoxy) is 1. The first-order valence-electron chi connectivity index (χ1n) is 5.96. The predicted molar refractivity (Wildman–Crippen MR) is 71.6 cm³/mol. The first-order valence-corrected chi connectivity index (χ1v) is 5.96. The van der Waals surface area contributed by atoms with Crippen LogP contribution in [0, 0.1) is 23.0 Å². The van der Waals surface area contributed by atoms with Crippen molar-refractivity contribution in [2.75, 3.05) is 11.9 Å². The van der Waals surface area contributed by atoms with Crippen molar-refractivity contribution in [1.29, 1.82) is 5.26 Å². The summed E-state index contributed by atoms with van der Waals surface area (Å²) in [5.41, 5.74) is 0.289. The second kappa shape index (κ2) is 6.48. The molecule has 1 N–H and O–H groups in total. The van der Waals surface area contributed by atoms with Crippen LogP contribution in [-0.2, 0) is 4.79 Å². The highest BCUT2D eigenvalue weighted by Crippen LogP contribution is 2.17. The lowest BCUT2D eigenvalue weighted by Crippen LogP contribution is -2.20. The lowest BCUT2D eigenvalue weighted by Gasteiger charge is -2.08. The fourth-order valence-corrected chi connectivity index (χ4v) is 1.65. The standard InChI is InChI=1S/C15H10F2N2O2/c16-11-5-12(17)7-13(6-11)19-15(20)9-21-14-4-2-1-3-10(14)8-18/h1-7H,9H2,(H,19,20). The first-order chi connectivity index (χ1) is 10.1. The number of nitriles is 1. The van der Waals surface area contributed by atoms with Crippen molar-refractivity contribution in [2.24, 2.45) is 0 Å². The van der Waals surface area contributed by atoms with Gasteiger partial charge < -0.3 is 10.1 Å². The first kappa shape index (κ1) is 14.5. The van der Waals surface area contributed by atoms with E-state index in [2.05, 4.69) is 5.32 Å². The molecular formula is C15H10F2N2O2. The van der Waals surface area contributed by atoms with Gasteiger partial charge >= 0.3 is 0 Å². The minimum absolute atomic E-state index is 0.00494. The van der Waals surface area contributed by atoms with Gasteiger partial charge in [0.25, 0.3) is 5.91 Å². The minimum atomic E-state index is -0.791. The molecule has 0 unspecified atom stereocenters. The topological polar surface area (TPSA) is 62.1 Å². The van der Waals surface area contributed by atoms with Gasteiger partial charge in [-0.25, -0.2) is 8.78 Å². The summed E-state index contributed by atoms with van der Waals surface area (Å²) in [6.07, 6.45) is 0. The maximum Gasteiger partial charge on any atom is 0.262 e. The largest absolute Gasteiger partial charge is 0.482 e. The van der Waals surface area contributed by atoms with E-state index in [0.717, 1.165) is 12.1 Å². The van der Waals surface area contributed by atoms with Crippen molar-refractivity contribution in [1.82, 2.24) is 0 Å². The third kappa shape index (κ3) is 4.01. The van der Waals surface area contributed by atoms with E-state index in [-0.39, 0.29) is 18.0 Å². The summed E-state index contributed by atoms with van der Waals surface area (Å²) in [5.74, 6) is -1.91. The van der Waals surface area contributed by atoms with Crippen molar-refractivity contribution in [3.63, 3.8) is 0 Å². The quantitative estimate of drug-likeness (QED) is 0.941. The Bertz CT molecular complexity index is 691. The van der Waals surface area contributed by atoms with Crippen LogP contribution in [0.25, 0.3) is 0 Å². The van der Waals surface area contributed by atoms with Gasteiger partial charge in [-0.2, -0.15) is 5.26 Å². The number of benzene rings is 2. The fourth-order valence-electron chi connectivity index (χ4n) is 1.65. The molecular weight excluding hydrogens is 278 g/mol. The molecule has 0 heterocycles. The van der Waals surface area contributed by atoms with Crippen LogP contribution in [0.4, 0.5) is 14.5 Å². The molecule has 2 rings (SSSR count). The molecule has 0 radical (unpaired) electrons. The highest BCUT2D eigenvalue weighted by molar-refractivity contribution is 5.91. The average Bonchev–Trinajstić information content (AvgIpc) is 2.44. The summed E-state index contributed by atoms with van der Waals surface area (Å²) >= 11 is 0. The van der Waals surface area contributed by atoms with Gasteiger partial charge in [-0.3, -0.25) is 4.79 Å². The van der Waals surface area contributed by atoms with Gasteiger partial charge in [0.2, 0.25) is 0 Å². The fraction of sp³-hybridized carbons (Fsp3) is 0.0667.